The number of hydrogen-bond acceptors (Lipinski definition) is 2. The van der Waals surface area contributed by atoms with Crippen LogP contribution in [0.25, 0.3) is 10.9 Å². The molecule has 5 heteroatoms. The molecule has 1 N–H and O–H groups in total. The van der Waals surface area contributed by atoms with Gasteiger partial charge in [-0.2, -0.15) is 0 Å². The van der Waals surface area contributed by atoms with Gasteiger partial charge in [0.1, 0.15) is 0 Å². The van der Waals surface area contributed by atoms with Crippen LogP contribution < -0.4 is 0 Å². The van der Waals surface area contributed by atoms with E-state index in [1.54, 1.807) is 4.90 Å². The molecule has 2 fully saturated rings. The van der Waals surface area contributed by atoms with Gasteiger partial charge in [0.2, 0.25) is 11.8 Å². The van der Waals surface area contributed by atoms with Crippen molar-refractivity contribution in [2.75, 3.05) is 19.6 Å². The number of nitrogens with zero attached hydrogens (tertiary/aromatic N) is 2. The lowest BCUT2D eigenvalue weighted by atomic mass is 9.79. The Morgan fingerprint density at radius 3 is 2.66 bits per heavy atom. The monoisotopic (exact) mass is 393 g/mol. The van der Waals surface area contributed by atoms with E-state index in [0.29, 0.717) is 12.3 Å². The van der Waals surface area contributed by atoms with Gasteiger partial charge in [0, 0.05) is 36.1 Å². The van der Waals surface area contributed by atoms with Crippen LogP contribution in [0.4, 0.5) is 0 Å². The number of carbonyl (C=O) groups is 2. The molecule has 5 rings (SSSR count). The zero-order valence-electron chi connectivity index (χ0n) is 17.2. The van der Waals surface area contributed by atoms with E-state index in [0.717, 1.165) is 32.4 Å². The Morgan fingerprint density at radius 2 is 1.83 bits per heavy atom. The third-order valence-electron chi connectivity index (χ3n) is 7.25. The zero-order valence-corrected chi connectivity index (χ0v) is 17.2. The number of carbonyl (C=O) groups excluding carboxylic acids is 2. The number of para-hydroxylation sites is 1. The van der Waals surface area contributed by atoms with Crippen molar-refractivity contribution in [2.24, 2.45) is 5.92 Å². The van der Waals surface area contributed by atoms with Crippen LogP contribution in [0.15, 0.2) is 24.3 Å². The van der Waals surface area contributed by atoms with E-state index in [1.807, 2.05) is 0 Å². The molecule has 1 saturated carbocycles. The lowest BCUT2D eigenvalue weighted by Crippen LogP contribution is -2.49. The second-order valence-electron chi connectivity index (χ2n) is 9.02. The van der Waals surface area contributed by atoms with Gasteiger partial charge in [0.15, 0.2) is 0 Å². The third-order valence-corrected chi connectivity index (χ3v) is 7.25. The van der Waals surface area contributed by atoms with Gasteiger partial charge >= 0.3 is 0 Å². The van der Waals surface area contributed by atoms with Crippen LogP contribution in [0.5, 0.6) is 0 Å². The summed E-state index contributed by atoms with van der Waals surface area (Å²) >= 11 is 0. The fourth-order valence-electron chi connectivity index (χ4n) is 5.77. The van der Waals surface area contributed by atoms with E-state index in [2.05, 4.69) is 34.1 Å². The van der Waals surface area contributed by atoms with Crippen molar-refractivity contribution in [3.05, 3.63) is 35.5 Å². The van der Waals surface area contributed by atoms with E-state index in [-0.39, 0.29) is 24.4 Å². The normalized spacial score (nSPS) is 23.4. The van der Waals surface area contributed by atoms with Crippen LogP contribution in [0.3, 0.4) is 0 Å². The number of aromatic amines is 1. The number of rotatable bonds is 3. The molecule has 3 heterocycles. The number of fused-ring (bicyclic) bond motifs is 3. The Labute approximate surface area is 172 Å². The van der Waals surface area contributed by atoms with Gasteiger partial charge in [0.05, 0.1) is 12.6 Å². The molecule has 3 aliphatic rings. The standard InChI is InChI=1S/C24H31N3O2/c28-21-12-6-7-14-26(21)16-22(29)27-15-13-19-18-10-4-5-11-20(18)25-23(19)24(27)17-8-2-1-3-9-17/h4-5,10-11,17,24-25H,1-3,6-9,12-16H2. The topological polar surface area (TPSA) is 56.4 Å². The Hall–Kier alpha value is -2.30. The highest BCUT2D eigenvalue weighted by Gasteiger charge is 2.39. The summed E-state index contributed by atoms with van der Waals surface area (Å²) in [5.74, 6) is 0.777. The molecule has 29 heavy (non-hydrogen) atoms. The lowest BCUT2D eigenvalue weighted by molar-refractivity contribution is -0.144. The van der Waals surface area contributed by atoms with Gasteiger partial charge in [-0.1, -0.05) is 37.5 Å². The molecule has 2 aliphatic heterocycles. The minimum Gasteiger partial charge on any atom is -0.356 e. The predicted octanol–water partition coefficient (Wildman–Crippen LogP) is 4.19. The average Bonchev–Trinajstić information content (AvgIpc) is 3.14. The molecule has 0 radical (unpaired) electrons. The quantitative estimate of drug-likeness (QED) is 0.850. The Kier molecular flexibility index (Phi) is 5.06. The van der Waals surface area contributed by atoms with Gasteiger partial charge in [-0.05, 0) is 49.7 Å². The van der Waals surface area contributed by atoms with Gasteiger partial charge in [-0.3, -0.25) is 9.59 Å². The minimum absolute atomic E-state index is 0.124. The van der Waals surface area contributed by atoms with Gasteiger partial charge < -0.3 is 14.8 Å². The Bertz CT molecular complexity index is 912. The predicted molar refractivity (Wildman–Crippen MR) is 113 cm³/mol. The molecule has 1 aromatic heterocycles. The second kappa shape index (κ2) is 7.85. The molecule has 2 aromatic rings. The number of piperidine rings is 1. The van der Waals surface area contributed by atoms with Crippen LogP contribution in [-0.4, -0.2) is 46.2 Å². The maximum atomic E-state index is 13.4. The number of likely N-dealkylation sites (tertiary alicyclic amines) is 1. The van der Waals surface area contributed by atoms with Crippen LogP contribution in [0.1, 0.15) is 68.7 Å². The molecule has 2 amide bonds. The molecule has 1 aromatic carbocycles. The van der Waals surface area contributed by atoms with Crippen molar-refractivity contribution in [2.45, 2.75) is 63.8 Å². The molecule has 5 nitrogen and oxygen atoms in total. The SMILES string of the molecule is O=C1CCCCN1CC(=O)N1CCc2c([nH]c3ccccc23)C1C1CCCCC1. The fourth-order valence-corrected chi connectivity index (χ4v) is 5.77. The molecule has 0 bridgehead atoms. The third kappa shape index (κ3) is 3.45. The Morgan fingerprint density at radius 1 is 1.00 bits per heavy atom. The first kappa shape index (κ1) is 18.7. The summed E-state index contributed by atoms with van der Waals surface area (Å²) in [7, 11) is 0. The van der Waals surface area contributed by atoms with E-state index >= 15 is 0 Å². The summed E-state index contributed by atoms with van der Waals surface area (Å²) in [4.78, 5) is 33.2. The second-order valence-corrected chi connectivity index (χ2v) is 9.02. The van der Waals surface area contributed by atoms with E-state index in [9.17, 15) is 9.59 Å². The van der Waals surface area contributed by atoms with Crippen LogP contribution in [0, 0.1) is 5.92 Å². The molecule has 0 spiro atoms. The van der Waals surface area contributed by atoms with Crippen LogP contribution in [-0.2, 0) is 16.0 Å². The average molecular weight is 394 g/mol. The minimum atomic E-state index is 0.124. The molecule has 1 aliphatic carbocycles. The smallest absolute Gasteiger partial charge is 0.242 e. The Balaban J connectivity index is 1.47. The highest BCUT2D eigenvalue weighted by Crippen LogP contribution is 2.43. The van der Waals surface area contributed by atoms with Crippen molar-refractivity contribution < 1.29 is 9.59 Å². The first-order valence-corrected chi connectivity index (χ1v) is 11.4. The van der Waals surface area contributed by atoms with E-state index in [1.165, 1.54) is 54.3 Å². The number of aromatic nitrogens is 1. The largest absolute Gasteiger partial charge is 0.356 e. The molecule has 1 atom stereocenters. The number of hydrogen-bond donors (Lipinski definition) is 1. The van der Waals surface area contributed by atoms with Gasteiger partial charge in [-0.25, -0.2) is 0 Å². The van der Waals surface area contributed by atoms with Crippen molar-refractivity contribution >= 4 is 22.7 Å². The maximum absolute atomic E-state index is 13.4. The number of nitrogens with one attached hydrogen (secondary N) is 1. The van der Waals surface area contributed by atoms with Gasteiger partial charge in [-0.15, -0.1) is 0 Å². The highest BCUT2D eigenvalue weighted by atomic mass is 16.2. The van der Waals surface area contributed by atoms with Crippen LogP contribution in [0.2, 0.25) is 0 Å². The summed E-state index contributed by atoms with van der Waals surface area (Å²) in [6.07, 6.45) is 9.63. The first-order chi connectivity index (χ1) is 14.2. The highest BCUT2D eigenvalue weighted by molar-refractivity contribution is 5.88. The molecule has 1 unspecified atom stereocenters. The number of benzene rings is 1. The molecule has 1 saturated heterocycles. The molecule has 154 valence electrons. The maximum Gasteiger partial charge on any atom is 0.242 e. The summed E-state index contributed by atoms with van der Waals surface area (Å²) < 4.78 is 0. The first-order valence-electron chi connectivity index (χ1n) is 11.4. The van der Waals surface area contributed by atoms with Gasteiger partial charge in [0.25, 0.3) is 0 Å². The summed E-state index contributed by atoms with van der Waals surface area (Å²) in [5.41, 5.74) is 3.83. The summed E-state index contributed by atoms with van der Waals surface area (Å²) in [6.45, 7) is 1.73. The summed E-state index contributed by atoms with van der Waals surface area (Å²) in [6, 6.07) is 8.64. The number of amides is 2. The fraction of sp³-hybridized carbons (Fsp3) is 0.583. The molecular weight excluding hydrogens is 362 g/mol. The number of H-pyrrole nitrogens is 1. The lowest BCUT2D eigenvalue weighted by Gasteiger charge is -2.42. The van der Waals surface area contributed by atoms with Crippen molar-refractivity contribution in [1.82, 2.24) is 14.8 Å². The van der Waals surface area contributed by atoms with E-state index < -0.39 is 0 Å². The van der Waals surface area contributed by atoms with Crippen molar-refractivity contribution in [1.29, 1.82) is 0 Å². The van der Waals surface area contributed by atoms with Crippen molar-refractivity contribution in [3.8, 4) is 0 Å². The summed E-state index contributed by atoms with van der Waals surface area (Å²) in [5, 5.41) is 1.31. The molecular formula is C24H31N3O2. The van der Waals surface area contributed by atoms with Crippen LogP contribution >= 0.6 is 0 Å². The zero-order chi connectivity index (χ0) is 19.8. The van der Waals surface area contributed by atoms with E-state index in [4.69, 9.17) is 0 Å². The van der Waals surface area contributed by atoms with Crippen molar-refractivity contribution in [3.63, 3.8) is 0 Å².